The van der Waals surface area contributed by atoms with Gasteiger partial charge in [-0.3, -0.25) is 4.79 Å². The van der Waals surface area contributed by atoms with Gasteiger partial charge in [-0.25, -0.2) is 9.18 Å². The summed E-state index contributed by atoms with van der Waals surface area (Å²) >= 11 is 0. The van der Waals surface area contributed by atoms with Gasteiger partial charge in [0.25, 0.3) is 5.91 Å². The summed E-state index contributed by atoms with van der Waals surface area (Å²) in [6.07, 6.45) is 1.76. The Balaban J connectivity index is 2.07. The Bertz CT molecular complexity index is 526. The van der Waals surface area contributed by atoms with Crippen molar-refractivity contribution >= 4 is 11.9 Å². The molecule has 1 heterocycles. The van der Waals surface area contributed by atoms with Crippen LogP contribution < -0.4 is 5.32 Å². The molecule has 108 valence electrons. The molecule has 20 heavy (non-hydrogen) atoms. The fourth-order valence-corrected chi connectivity index (χ4v) is 2.21. The molecule has 1 amide bonds. The number of hydrogen-bond donors (Lipinski definition) is 2. The van der Waals surface area contributed by atoms with Gasteiger partial charge >= 0.3 is 5.97 Å². The van der Waals surface area contributed by atoms with Crippen LogP contribution in [0.2, 0.25) is 0 Å². The zero-order chi connectivity index (χ0) is 14.7. The van der Waals surface area contributed by atoms with Crippen molar-refractivity contribution in [2.75, 3.05) is 6.61 Å². The number of nitrogens with one attached hydrogen (secondary N) is 1. The third-order valence-electron chi connectivity index (χ3n) is 3.34. The maximum absolute atomic E-state index is 13.7. The van der Waals surface area contributed by atoms with Crippen molar-refractivity contribution < 1.29 is 23.8 Å². The van der Waals surface area contributed by atoms with Crippen molar-refractivity contribution in [2.24, 2.45) is 0 Å². The fraction of sp³-hybridized carbons (Fsp3) is 0.429. The standard InChI is InChI=1S/C14H16FNO4/c1-8(12-3-2-6-20-12)16-13(17)10-5-4-9(14(18)19)7-11(10)15/h4-5,7-8,12H,2-3,6H2,1H3,(H,16,17)(H,18,19). The lowest BCUT2D eigenvalue weighted by Crippen LogP contribution is -2.41. The van der Waals surface area contributed by atoms with Gasteiger partial charge in [-0.05, 0) is 38.0 Å². The van der Waals surface area contributed by atoms with E-state index in [1.807, 2.05) is 0 Å². The molecule has 0 spiro atoms. The summed E-state index contributed by atoms with van der Waals surface area (Å²) in [6, 6.07) is 3.00. The molecule has 0 aliphatic carbocycles. The van der Waals surface area contributed by atoms with Gasteiger partial charge in [0.15, 0.2) is 0 Å². The minimum Gasteiger partial charge on any atom is -0.478 e. The lowest BCUT2D eigenvalue weighted by molar-refractivity contribution is 0.0692. The van der Waals surface area contributed by atoms with E-state index in [1.165, 1.54) is 12.1 Å². The summed E-state index contributed by atoms with van der Waals surface area (Å²) in [5, 5.41) is 11.4. The van der Waals surface area contributed by atoms with Gasteiger partial charge in [0, 0.05) is 6.61 Å². The Morgan fingerprint density at radius 1 is 1.50 bits per heavy atom. The largest absolute Gasteiger partial charge is 0.478 e. The van der Waals surface area contributed by atoms with E-state index < -0.39 is 17.7 Å². The number of carboxylic acids is 1. The van der Waals surface area contributed by atoms with Crippen LogP contribution in [-0.2, 0) is 4.74 Å². The summed E-state index contributed by atoms with van der Waals surface area (Å²) in [4.78, 5) is 22.7. The molecule has 2 N–H and O–H groups in total. The van der Waals surface area contributed by atoms with Crippen LogP contribution in [0.15, 0.2) is 18.2 Å². The summed E-state index contributed by atoms with van der Waals surface area (Å²) < 4.78 is 19.2. The molecule has 0 saturated carbocycles. The average Bonchev–Trinajstić information content (AvgIpc) is 2.92. The first-order valence-corrected chi connectivity index (χ1v) is 6.44. The van der Waals surface area contributed by atoms with Crippen molar-refractivity contribution in [1.82, 2.24) is 5.32 Å². The zero-order valence-corrected chi connectivity index (χ0v) is 11.1. The number of amides is 1. The zero-order valence-electron chi connectivity index (χ0n) is 11.1. The molecule has 0 bridgehead atoms. The van der Waals surface area contributed by atoms with Crippen LogP contribution in [0.3, 0.4) is 0 Å². The van der Waals surface area contributed by atoms with E-state index >= 15 is 0 Å². The Labute approximate surface area is 115 Å². The third-order valence-corrected chi connectivity index (χ3v) is 3.34. The highest BCUT2D eigenvalue weighted by molar-refractivity contribution is 5.96. The van der Waals surface area contributed by atoms with Crippen LogP contribution >= 0.6 is 0 Å². The van der Waals surface area contributed by atoms with Crippen LogP contribution in [-0.4, -0.2) is 35.7 Å². The molecule has 1 aliphatic heterocycles. The van der Waals surface area contributed by atoms with Crippen LogP contribution in [0.5, 0.6) is 0 Å². The second-order valence-electron chi connectivity index (χ2n) is 4.81. The lowest BCUT2D eigenvalue weighted by Gasteiger charge is -2.20. The number of carboxylic acid groups (broad SMARTS) is 1. The quantitative estimate of drug-likeness (QED) is 0.882. The Morgan fingerprint density at radius 2 is 2.25 bits per heavy atom. The van der Waals surface area contributed by atoms with Crippen molar-refractivity contribution in [3.63, 3.8) is 0 Å². The predicted octanol–water partition coefficient (Wildman–Crippen LogP) is 1.82. The first-order chi connectivity index (χ1) is 9.49. The average molecular weight is 281 g/mol. The van der Waals surface area contributed by atoms with Crippen LogP contribution in [0.1, 0.15) is 40.5 Å². The summed E-state index contributed by atoms with van der Waals surface area (Å²) in [6.45, 7) is 2.48. The van der Waals surface area contributed by atoms with E-state index in [0.717, 1.165) is 18.9 Å². The minimum absolute atomic E-state index is 0.0553. The van der Waals surface area contributed by atoms with Crippen molar-refractivity contribution in [2.45, 2.75) is 31.9 Å². The van der Waals surface area contributed by atoms with Gasteiger partial charge in [0.05, 0.1) is 23.3 Å². The van der Waals surface area contributed by atoms with E-state index in [1.54, 1.807) is 6.92 Å². The van der Waals surface area contributed by atoms with Gasteiger partial charge in [-0.2, -0.15) is 0 Å². The summed E-state index contributed by atoms with van der Waals surface area (Å²) in [5.74, 6) is -2.65. The number of ether oxygens (including phenoxy) is 1. The number of hydrogen-bond acceptors (Lipinski definition) is 3. The van der Waals surface area contributed by atoms with E-state index in [-0.39, 0.29) is 23.3 Å². The Hall–Kier alpha value is -1.95. The Morgan fingerprint density at radius 3 is 2.80 bits per heavy atom. The van der Waals surface area contributed by atoms with E-state index in [9.17, 15) is 14.0 Å². The SMILES string of the molecule is CC(NC(=O)c1ccc(C(=O)O)cc1F)C1CCCO1. The van der Waals surface area contributed by atoms with Gasteiger partial charge in [0.2, 0.25) is 0 Å². The van der Waals surface area contributed by atoms with E-state index in [0.29, 0.717) is 6.61 Å². The monoisotopic (exact) mass is 281 g/mol. The highest BCUT2D eigenvalue weighted by Crippen LogP contribution is 2.16. The first-order valence-electron chi connectivity index (χ1n) is 6.44. The smallest absolute Gasteiger partial charge is 0.335 e. The highest BCUT2D eigenvalue weighted by Gasteiger charge is 2.25. The lowest BCUT2D eigenvalue weighted by atomic mass is 10.1. The molecule has 2 unspecified atom stereocenters. The molecular weight excluding hydrogens is 265 g/mol. The summed E-state index contributed by atoms with van der Waals surface area (Å²) in [5.41, 5.74) is -0.355. The molecule has 6 heteroatoms. The maximum Gasteiger partial charge on any atom is 0.335 e. The van der Waals surface area contributed by atoms with Crippen LogP contribution in [0.4, 0.5) is 4.39 Å². The van der Waals surface area contributed by atoms with Crippen molar-refractivity contribution in [1.29, 1.82) is 0 Å². The molecule has 1 saturated heterocycles. The molecule has 2 rings (SSSR count). The number of aromatic carboxylic acids is 1. The fourth-order valence-electron chi connectivity index (χ4n) is 2.21. The number of carbonyl (C=O) groups is 2. The minimum atomic E-state index is -1.23. The van der Waals surface area contributed by atoms with Gasteiger partial charge in [-0.1, -0.05) is 0 Å². The van der Waals surface area contributed by atoms with Crippen LogP contribution in [0.25, 0.3) is 0 Å². The molecule has 1 fully saturated rings. The number of halogens is 1. The van der Waals surface area contributed by atoms with Crippen molar-refractivity contribution in [3.05, 3.63) is 35.1 Å². The molecule has 0 aromatic heterocycles. The topological polar surface area (TPSA) is 75.6 Å². The molecule has 1 aromatic carbocycles. The van der Waals surface area contributed by atoms with Crippen molar-refractivity contribution in [3.8, 4) is 0 Å². The second kappa shape index (κ2) is 6.00. The third kappa shape index (κ3) is 3.14. The normalized spacial score (nSPS) is 19.6. The van der Waals surface area contributed by atoms with Crippen LogP contribution in [0, 0.1) is 5.82 Å². The highest BCUT2D eigenvalue weighted by atomic mass is 19.1. The number of carbonyl (C=O) groups excluding carboxylic acids is 1. The van der Waals surface area contributed by atoms with E-state index in [4.69, 9.17) is 9.84 Å². The summed E-state index contributed by atoms with van der Waals surface area (Å²) in [7, 11) is 0. The molecule has 5 nitrogen and oxygen atoms in total. The van der Waals surface area contributed by atoms with Gasteiger partial charge in [0.1, 0.15) is 5.82 Å². The first kappa shape index (κ1) is 14.5. The van der Waals surface area contributed by atoms with E-state index in [2.05, 4.69) is 5.32 Å². The molecule has 2 atom stereocenters. The second-order valence-corrected chi connectivity index (χ2v) is 4.81. The molecule has 1 aromatic rings. The number of rotatable bonds is 4. The predicted molar refractivity (Wildman–Crippen MR) is 69.3 cm³/mol. The molecule has 1 aliphatic rings. The van der Waals surface area contributed by atoms with Gasteiger partial charge in [-0.15, -0.1) is 0 Å². The van der Waals surface area contributed by atoms with Gasteiger partial charge < -0.3 is 15.2 Å². The maximum atomic E-state index is 13.7. The molecular formula is C14H16FNO4. The number of benzene rings is 1. The Kier molecular flexibility index (Phi) is 4.34. The molecule has 0 radical (unpaired) electrons.